The molecule has 1 aliphatic heterocycles. The Labute approximate surface area is 115 Å². The first-order valence-corrected chi connectivity index (χ1v) is 7.63. The first kappa shape index (κ1) is 13.1. The molecule has 1 unspecified atom stereocenters. The molecule has 1 aromatic heterocycles. The van der Waals surface area contributed by atoms with Gasteiger partial charge in [0.1, 0.15) is 0 Å². The summed E-state index contributed by atoms with van der Waals surface area (Å²) in [7, 11) is 1.98. The summed E-state index contributed by atoms with van der Waals surface area (Å²) in [5.41, 5.74) is 1.43. The van der Waals surface area contributed by atoms with Crippen molar-refractivity contribution in [3.63, 3.8) is 0 Å². The standard InChI is InChI=1S/C15H25N3O/c1-16-10-13-11-17-18(12-13)14-5-8-19-15(9-14)6-3-2-4-7-15/h11-12,14,16H,2-10H2,1H3. The van der Waals surface area contributed by atoms with Gasteiger partial charge in [0.15, 0.2) is 0 Å². The molecule has 1 saturated carbocycles. The predicted molar refractivity (Wildman–Crippen MR) is 75.0 cm³/mol. The highest BCUT2D eigenvalue weighted by molar-refractivity contribution is 5.05. The van der Waals surface area contributed by atoms with Crippen LogP contribution < -0.4 is 5.32 Å². The molecule has 1 aromatic rings. The molecular formula is C15H25N3O. The number of ether oxygens (including phenoxy) is 1. The van der Waals surface area contributed by atoms with Gasteiger partial charge in [-0.15, -0.1) is 0 Å². The zero-order valence-corrected chi connectivity index (χ0v) is 11.9. The van der Waals surface area contributed by atoms with E-state index in [-0.39, 0.29) is 5.60 Å². The topological polar surface area (TPSA) is 39.1 Å². The van der Waals surface area contributed by atoms with Gasteiger partial charge in [-0.1, -0.05) is 19.3 Å². The summed E-state index contributed by atoms with van der Waals surface area (Å²) < 4.78 is 8.33. The maximum absolute atomic E-state index is 6.16. The minimum atomic E-state index is 0.163. The van der Waals surface area contributed by atoms with Crippen LogP contribution in [0.3, 0.4) is 0 Å². The van der Waals surface area contributed by atoms with Crippen LogP contribution in [0.4, 0.5) is 0 Å². The van der Waals surface area contributed by atoms with Gasteiger partial charge in [0.2, 0.25) is 0 Å². The molecule has 2 heterocycles. The molecule has 1 spiro atoms. The fraction of sp³-hybridized carbons (Fsp3) is 0.800. The Bertz CT molecular complexity index is 404. The SMILES string of the molecule is CNCc1cnn(C2CCOC3(CCCCC3)C2)c1. The monoisotopic (exact) mass is 263 g/mol. The second-order valence-corrected chi connectivity index (χ2v) is 6.10. The van der Waals surface area contributed by atoms with Gasteiger partial charge < -0.3 is 10.1 Å². The van der Waals surface area contributed by atoms with Crippen molar-refractivity contribution in [1.82, 2.24) is 15.1 Å². The summed E-state index contributed by atoms with van der Waals surface area (Å²) in [5.74, 6) is 0. The van der Waals surface area contributed by atoms with E-state index in [1.807, 2.05) is 13.2 Å². The maximum Gasteiger partial charge on any atom is 0.0703 e. The van der Waals surface area contributed by atoms with Crippen LogP contribution in [0, 0.1) is 0 Å². The molecule has 0 radical (unpaired) electrons. The van der Waals surface area contributed by atoms with Crippen molar-refractivity contribution < 1.29 is 4.74 Å². The summed E-state index contributed by atoms with van der Waals surface area (Å²) in [5, 5.41) is 7.74. The molecule has 1 atom stereocenters. The second-order valence-electron chi connectivity index (χ2n) is 6.10. The molecule has 0 aromatic carbocycles. The highest BCUT2D eigenvalue weighted by atomic mass is 16.5. The Morgan fingerprint density at radius 3 is 3.05 bits per heavy atom. The Morgan fingerprint density at radius 1 is 1.42 bits per heavy atom. The average molecular weight is 263 g/mol. The lowest BCUT2D eigenvalue weighted by atomic mass is 9.78. The van der Waals surface area contributed by atoms with E-state index in [9.17, 15) is 0 Å². The van der Waals surface area contributed by atoms with Gasteiger partial charge in [-0.25, -0.2) is 0 Å². The van der Waals surface area contributed by atoms with Crippen LogP contribution in [-0.4, -0.2) is 29.0 Å². The lowest BCUT2D eigenvalue weighted by Gasteiger charge is -2.43. The highest BCUT2D eigenvalue weighted by Crippen LogP contribution is 2.42. The quantitative estimate of drug-likeness (QED) is 0.911. The van der Waals surface area contributed by atoms with E-state index in [0.29, 0.717) is 6.04 Å². The molecule has 4 nitrogen and oxygen atoms in total. The van der Waals surface area contributed by atoms with Gasteiger partial charge in [0.25, 0.3) is 0 Å². The number of nitrogens with zero attached hydrogens (tertiary/aromatic N) is 2. The molecule has 106 valence electrons. The summed E-state index contributed by atoms with van der Waals surface area (Å²) >= 11 is 0. The zero-order chi connectivity index (χ0) is 13.1. The summed E-state index contributed by atoms with van der Waals surface area (Å²) in [6, 6.07) is 0.525. The predicted octanol–water partition coefficient (Wildman–Crippen LogP) is 2.66. The van der Waals surface area contributed by atoms with Crippen molar-refractivity contribution in [2.45, 2.75) is 63.1 Å². The molecule has 2 fully saturated rings. The van der Waals surface area contributed by atoms with Crippen molar-refractivity contribution in [2.75, 3.05) is 13.7 Å². The maximum atomic E-state index is 6.16. The number of nitrogens with one attached hydrogen (secondary N) is 1. The minimum Gasteiger partial charge on any atom is -0.375 e. The van der Waals surface area contributed by atoms with Crippen LogP contribution in [0.15, 0.2) is 12.4 Å². The summed E-state index contributed by atoms with van der Waals surface area (Å²) in [6.45, 7) is 1.79. The third-order valence-electron chi connectivity index (χ3n) is 4.64. The Hall–Kier alpha value is -0.870. The zero-order valence-electron chi connectivity index (χ0n) is 11.9. The minimum absolute atomic E-state index is 0.163. The van der Waals surface area contributed by atoms with Gasteiger partial charge in [-0.3, -0.25) is 4.68 Å². The lowest BCUT2D eigenvalue weighted by Crippen LogP contribution is -2.42. The molecular weight excluding hydrogens is 238 g/mol. The van der Waals surface area contributed by atoms with Crippen LogP contribution in [0.1, 0.15) is 56.6 Å². The van der Waals surface area contributed by atoms with E-state index < -0.39 is 0 Å². The molecule has 4 heteroatoms. The Morgan fingerprint density at radius 2 is 2.26 bits per heavy atom. The van der Waals surface area contributed by atoms with Crippen LogP contribution in [0.25, 0.3) is 0 Å². The van der Waals surface area contributed by atoms with Crippen molar-refractivity contribution in [3.05, 3.63) is 18.0 Å². The van der Waals surface area contributed by atoms with Crippen molar-refractivity contribution >= 4 is 0 Å². The Balaban J connectivity index is 1.69. The van der Waals surface area contributed by atoms with E-state index in [0.717, 1.165) is 26.0 Å². The summed E-state index contributed by atoms with van der Waals surface area (Å²) in [6.07, 6.45) is 13.0. The van der Waals surface area contributed by atoms with Gasteiger partial charge in [0, 0.05) is 24.9 Å². The van der Waals surface area contributed by atoms with Gasteiger partial charge in [-0.2, -0.15) is 5.10 Å². The molecule has 1 N–H and O–H groups in total. The molecule has 2 aliphatic rings. The van der Waals surface area contributed by atoms with Crippen LogP contribution in [-0.2, 0) is 11.3 Å². The number of aromatic nitrogens is 2. The van der Waals surface area contributed by atoms with Crippen molar-refractivity contribution in [3.8, 4) is 0 Å². The third kappa shape index (κ3) is 2.84. The number of hydrogen-bond acceptors (Lipinski definition) is 3. The molecule has 0 amide bonds. The van der Waals surface area contributed by atoms with Crippen molar-refractivity contribution in [2.24, 2.45) is 0 Å². The van der Waals surface area contributed by atoms with E-state index in [1.54, 1.807) is 0 Å². The van der Waals surface area contributed by atoms with Gasteiger partial charge in [0.05, 0.1) is 17.8 Å². The van der Waals surface area contributed by atoms with Gasteiger partial charge >= 0.3 is 0 Å². The lowest BCUT2D eigenvalue weighted by molar-refractivity contribution is -0.115. The fourth-order valence-corrected chi connectivity index (χ4v) is 3.64. The van der Waals surface area contributed by atoms with Gasteiger partial charge in [-0.05, 0) is 32.7 Å². The molecule has 1 aliphatic carbocycles. The first-order valence-electron chi connectivity index (χ1n) is 7.63. The first-order chi connectivity index (χ1) is 9.31. The smallest absolute Gasteiger partial charge is 0.0703 e. The van der Waals surface area contributed by atoms with Crippen LogP contribution >= 0.6 is 0 Å². The average Bonchev–Trinajstić information content (AvgIpc) is 2.89. The molecule has 3 rings (SSSR count). The van der Waals surface area contributed by atoms with E-state index in [2.05, 4.69) is 21.3 Å². The highest BCUT2D eigenvalue weighted by Gasteiger charge is 2.39. The second kappa shape index (κ2) is 5.63. The normalized spacial score (nSPS) is 26.7. The largest absolute Gasteiger partial charge is 0.375 e. The van der Waals surface area contributed by atoms with Crippen LogP contribution in [0.2, 0.25) is 0 Å². The summed E-state index contributed by atoms with van der Waals surface area (Å²) in [4.78, 5) is 0. The fourth-order valence-electron chi connectivity index (χ4n) is 3.64. The number of hydrogen-bond donors (Lipinski definition) is 1. The third-order valence-corrected chi connectivity index (χ3v) is 4.64. The van der Waals surface area contributed by atoms with E-state index in [1.165, 1.54) is 37.7 Å². The Kier molecular flexibility index (Phi) is 3.89. The van der Waals surface area contributed by atoms with Crippen LogP contribution in [0.5, 0.6) is 0 Å². The van der Waals surface area contributed by atoms with E-state index >= 15 is 0 Å². The number of rotatable bonds is 3. The molecule has 0 bridgehead atoms. The molecule has 19 heavy (non-hydrogen) atoms. The molecule has 1 saturated heterocycles. The van der Waals surface area contributed by atoms with Crippen molar-refractivity contribution in [1.29, 1.82) is 0 Å². The van der Waals surface area contributed by atoms with E-state index in [4.69, 9.17) is 4.74 Å².